The van der Waals surface area contributed by atoms with Crippen molar-refractivity contribution in [3.05, 3.63) is 65.2 Å². The Morgan fingerprint density at radius 3 is 2.39 bits per heavy atom. The molecule has 5 rings (SSSR count). The van der Waals surface area contributed by atoms with Gasteiger partial charge in [0.15, 0.2) is 0 Å². The Hall–Kier alpha value is -2.68. The Morgan fingerprint density at radius 1 is 0.944 bits per heavy atom. The minimum Gasteiger partial charge on any atom is -0.357 e. The Bertz CT molecular complexity index is 1330. The molecule has 1 N–H and O–H groups in total. The molecule has 36 heavy (non-hydrogen) atoms. The molecule has 0 atom stereocenters. The van der Waals surface area contributed by atoms with E-state index in [4.69, 9.17) is 16.6 Å². The molecule has 3 aromatic rings. The normalized spacial score (nSPS) is 17.9. The number of aromatic nitrogens is 1. The third-order valence-electron chi connectivity index (χ3n) is 7.17. The second-order valence-corrected chi connectivity index (χ2v) is 12.0. The number of rotatable bonds is 6. The average molecular weight is 527 g/mol. The third kappa shape index (κ3) is 5.51. The molecule has 7 nitrogen and oxygen atoms in total. The molecule has 2 fully saturated rings. The van der Waals surface area contributed by atoms with E-state index in [9.17, 15) is 13.2 Å². The predicted octanol–water partition coefficient (Wildman–Crippen LogP) is 4.60. The molecule has 3 heterocycles. The molecular weight excluding hydrogens is 496 g/mol. The number of sulfonamides is 1. The maximum Gasteiger partial charge on any atom is 0.243 e. The van der Waals surface area contributed by atoms with Crippen LogP contribution in [-0.2, 0) is 21.4 Å². The summed E-state index contributed by atoms with van der Waals surface area (Å²) < 4.78 is 27.7. The number of hydrogen-bond acceptors (Lipinski definition) is 5. The molecule has 190 valence electrons. The summed E-state index contributed by atoms with van der Waals surface area (Å²) in [7, 11) is -3.47. The second-order valence-electron chi connectivity index (χ2n) is 9.59. The van der Waals surface area contributed by atoms with Gasteiger partial charge in [0, 0.05) is 49.1 Å². The number of nitrogens with zero attached hydrogens (tertiary/aromatic N) is 3. The lowest BCUT2D eigenvalue weighted by molar-refractivity contribution is -0.125. The van der Waals surface area contributed by atoms with Crippen LogP contribution in [-0.4, -0.2) is 49.8 Å². The van der Waals surface area contributed by atoms with Crippen LogP contribution in [0.1, 0.15) is 37.7 Å². The third-order valence-corrected chi connectivity index (χ3v) is 9.32. The van der Waals surface area contributed by atoms with E-state index in [1.54, 1.807) is 22.5 Å². The van der Waals surface area contributed by atoms with Gasteiger partial charge in [-0.15, -0.1) is 0 Å². The molecule has 0 unspecified atom stereocenters. The van der Waals surface area contributed by atoms with Gasteiger partial charge in [0.25, 0.3) is 0 Å². The van der Waals surface area contributed by atoms with Crippen LogP contribution < -0.4 is 10.2 Å². The molecule has 2 aromatic carbocycles. The molecule has 2 aliphatic heterocycles. The van der Waals surface area contributed by atoms with Gasteiger partial charge in [0.1, 0.15) is 5.82 Å². The van der Waals surface area contributed by atoms with E-state index < -0.39 is 10.0 Å². The Morgan fingerprint density at radius 2 is 1.67 bits per heavy atom. The van der Waals surface area contributed by atoms with Crippen molar-refractivity contribution >= 4 is 44.3 Å². The van der Waals surface area contributed by atoms with Gasteiger partial charge in [-0.1, -0.05) is 30.2 Å². The highest BCUT2D eigenvalue weighted by Crippen LogP contribution is 2.27. The summed E-state index contributed by atoms with van der Waals surface area (Å²) in [5, 5.41) is 4.54. The Balaban J connectivity index is 1.20. The first kappa shape index (κ1) is 25.0. The fraction of sp³-hybridized carbons (Fsp3) is 0.407. The zero-order chi connectivity index (χ0) is 25.1. The molecule has 0 saturated carbocycles. The van der Waals surface area contributed by atoms with Crippen LogP contribution in [0.4, 0.5) is 5.82 Å². The van der Waals surface area contributed by atoms with Crippen LogP contribution in [0.5, 0.6) is 0 Å². The van der Waals surface area contributed by atoms with Gasteiger partial charge in [-0.25, -0.2) is 13.4 Å². The van der Waals surface area contributed by atoms with Crippen molar-refractivity contribution < 1.29 is 13.2 Å². The molecule has 9 heteroatoms. The summed E-state index contributed by atoms with van der Waals surface area (Å²) in [5.41, 5.74) is 1.80. The first-order valence-corrected chi connectivity index (χ1v) is 14.4. The van der Waals surface area contributed by atoms with E-state index in [0.29, 0.717) is 29.6 Å². The summed E-state index contributed by atoms with van der Waals surface area (Å²) in [5.74, 6) is 0.921. The topological polar surface area (TPSA) is 82.6 Å². The van der Waals surface area contributed by atoms with Crippen molar-refractivity contribution in [1.29, 1.82) is 0 Å². The number of benzene rings is 2. The van der Waals surface area contributed by atoms with E-state index >= 15 is 0 Å². The average Bonchev–Trinajstić information content (AvgIpc) is 2.92. The van der Waals surface area contributed by atoms with Gasteiger partial charge in [-0.3, -0.25) is 4.79 Å². The number of fused-ring (bicyclic) bond motifs is 1. The van der Waals surface area contributed by atoms with E-state index in [2.05, 4.69) is 10.2 Å². The predicted molar refractivity (Wildman–Crippen MR) is 143 cm³/mol. The largest absolute Gasteiger partial charge is 0.357 e. The number of hydrogen-bond donors (Lipinski definition) is 1. The molecule has 2 saturated heterocycles. The highest BCUT2D eigenvalue weighted by molar-refractivity contribution is 7.89. The van der Waals surface area contributed by atoms with Crippen molar-refractivity contribution in [2.45, 2.75) is 43.5 Å². The monoisotopic (exact) mass is 526 g/mol. The molecule has 2 aliphatic rings. The standard InChI is InChI=1S/C27H31ClN4O3S/c28-23-7-4-20(5-8-23)19-29-27(33)21-12-16-31(17-13-21)26-11-6-22-18-24(9-10-25(22)30-26)36(34,35)32-14-2-1-3-15-32/h4-11,18,21H,1-3,12-17,19H2,(H,29,33). The SMILES string of the molecule is O=C(NCc1ccc(Cl)cc1)C1CCN(c2ccc3cc(S(=O)(=O)N4CCCCC4)ccc3n2)CC1. The van der Waals surface area contributed by atoms with Gasteiger partial charge >= 0.3 is 0 Å². The number of halogens is 1. The molecule has 1 aromatic heterocycles. The lowest BCUT2D eigenvalue weighted by atomic mass is 9.95. The lowest BCUT2D eigenvalue weighted by Gasteiger charge is -2.32. The zero-order valence-corrected chi connectivity index (χ0v) is 21.8. The highest BCUT2D eigenvalue weighted by atomic mass is 35.5. The second kappa shape index (κ2) is 10.7. The quantitative estimate of drug-likeness (QED) is 0.507. The molecular formula is C27H31ClN4O3S. The Kier molecular flexibility index (Phi) is 7.46. The summed E-state index contributed by atoms with van der Waals surface area (Å²) in [6, 6.07) is 16.6. The summed E-state index contributed by atoms with van der Waals surface area (Å²) in [6.45, 7) is 3.18. The summed E-state index contributed by atoms with van der Waals surface area (Å²) in [6.07, 6.45) is 4.44. The number of pyridine rings is 1. The minimum absolute atomic E-state index is 0.0171. The molecule has 0 radical (unpaired) electrons. The summed E-state index contributed by atoms with van der Waals surface area (Å²) in [4.78, 5) is 20.0. The number of anilines is 1. The van der Waals surface area contributed by atoms with Crippen molar-refractivity contribution in [1.82, 2.24) is 14.6 Å². The fourth-order valence-corrected chi connectivity index (χ4v) is 6.67. The van der Waals surface area contributed by atoms with Gasteiger partial charge in [0.05, 0.1) is 10.4 Å². The van der Waals surface area contributed by atoms with Crippen LogP contribution in [0.3, 0.4) is 0 Å². The number of carbonyl (C=O) groups excluding carboxylic acids is 1. The lowest BCUT2D eigenvalue weighted by Crippen LogP contribution is -2.40. The van der Waals surface area contributed by atoms with Crippen molar-refractivity contribution in [2.75, 3.05) is 31.1 Å². The van der Waals surface area contributed by atoms with E-state index in [1.165, 1.54) is 0 Å². The van der Waals surface area contributed by atoms with Gasteiger partial charge in [0.2, 0.25) is 15.9 Å². The number of carbonyl (C=O) groups is 1. The van der Waals surface area contributed by atoms with Gasteiger partial charge in [-0.2, -0.15) is 4.31 Å². The number of piperidine rings is 2. The van der Waals surface area contributed by atoms with Crippen molar-refractivity contribution in [3.63, 3.8) is 0 Å². The molecule has 0 bridgehead atoms. The maximum atomic E-state index is 13.0. The van der Waals surface area contributed by atoms with Crippen molar-refractivity contribution in [3.8, 4) is 0 Å². The van der Waals surface area contributed by atoms with Crippen LogP contribution in [0.2, 0.25) is 5.02 Å². The first-order valence-electron chi connectivity index (χ1n) is 12.6. The molecule has 0 aliphatic carbocycles. The number of amides is 1. The van der Waals surface area contributed by atoms with E-state index in [0.717, 1.165) is 67.5 Å². The molecule has 0 spiro atoms. The fourth-order valence-electron chi connectivity index (χ4n) is 4.99. The smallest absolute Gasteiger partial charge is 0.243 e. The van der Waals surface area contributed by atoms with Crippen LogP contribution in [0.25, 0.3) is 10.9 Å². The van der Waals surface area contributed by atoms with Gasteiger partial charge in [-0.05, 0) is 73.7 Å². The van der Waals surface area contributed by atoms with Crippen molar-refractivity contribution in [2.24, 2.45) is 5.92 Å². The van der Waals surface area contributed by atoms with Crippen LogP contribution in [0, 0.1) is 5.92 Å². The van der Waals surface area contributed by atoms with Crippen LogP contribution in [0.15, 0.2) is 59.5 Å². The summed E-state index contributed by atoms with van der Waals surface area (Å²) >= 11 is 5.92. The van der Waals surface area contributed by atoms with Crippen LogP contribution >= 0.6 is 11.6 Å². The number of nitrogens with one attached hydrogen (secondary N) is 1. The molecule has 1 amide bonds. The first-order chi connectivity index (χ1) is 17.4. The van der Waals surface area contributed by atoms with E-state index in [-0.39, 0.29) is 11.8 Å². The minimum atomic E-state index is -3.47. The van der Waals surface area contributed by atoms with Gasteiger partial charge < -0.3 is 10.2 Å². The van der Waals surface area contributed by atoms with E-state index in [1.807, 2.05) is 36.4 Å². The Labute approximate surface area is 217 Å². The zero-order valence-electron chi connectivity index (χ0n) is 20.2. The maximum absolute atomic E-state index is 13.0. The highest BCUT2D eigenvalue weighted by Gasteiger charge is 2.27.